The first-order valence-corrected chi connectivity index (χ1v) is 8.30. The minimum Gasteiger partial charge on any atom is -0.480 e. The van der Waals surface area contributed by atoms with Gasteiger partial charge in [0.2, 0.25) is 10.0 Å². The highest BCUT2D eigenvalue weighted by Crippen LogP contribution is 2.29. The van der Waals surface area contributed by atoms with E-state index in [0.717, 1.165) is 4.31 Å². The Bertz CT molecular complexity index is 694. The number of benzene rings is 1. The second-order valence-electron chi connectivity index (χ2n) is 4.33. The summed E-state index contributed by atoms with van der Waals surface area (Å²) in [6.07, 6.45) is 0. The standard InChI is InChI=1S/C12H12N2O4S2/c1-8-4-10(3-2-9(8)5-13)20(17,18)14-7-19-6-11(14)12(15)16/h2-4,11H,6-7H2,1H3,(H,15,16). The van der Waals surface area contributed by atoms with Gasteiger partial charge in [-0.25, -0.2) is 8.42 Å². The lowest BCUT2D eigenvalue weighted by molar-refractivity contribution is -0.140. The first kappa shape index (κ1) is 14.8. The average Bonchev–Trinajstić information content (AvgIpc) is 2.88. The fraction of sp³-hybridized carbons (Fsp3) is 0.333. The number of hydrogen-bond acceptors (Lipinski definition) is 5. The predicted molar refractivity (Wildman–Crippen MR) is 73.7 cm³/mol. The van der Waals surface area contributed by atoms with Gasteiger partial charge in [-0.2, -0.15) is 9.57 Å². The molecular weight excluding hydrogens is 300 g/mol. The largest absolute Gasteiger partial charge is 0.480 e. The highest BCUT2D eigenvalue weighted by molar-refractivity contribution is 8.00. The summed E-state index contributed by atoms with van der Waals surface area (Å²) in [5.41, 5.74) is 0.946. The van der Waals surface area contributed by atoms with Gasteiger partial charge in [0.25, 0.3) is 0 Å². The van der Waals surface area contributed by atoms with Gasteiger partial charge in [-0.05, 0) is 30.7 Å². The van der Waals surface area contributed by atoms with Crippen molar-refractivity contribution in [2.45, 2.75) is 17.9 Å². The Labute approximate surface area is 121 Å². The van der Waals surface area contributed by atoms with Gasteiger partial charge in [0.1, 0.15) is 6.04 Å². The van der Waals surface area contributed by atoms with Crippen LogP contribution in [-0.4, -0.2) is 41.5 Å². The van der Waals surface area contributed by atoms with Gasteiger partial charge in [-0.15, -0.1) is 11.8 Å². The van der Waals surface area contributed by atoms with Crippen LogP contribution in [0.15, 0.2) is 23.1 Å². The van der Waals surface area contributed by atoms with Gasteiger partial charge in [-0.3, -0.25) is 4.79 Å². The molecule has 106 valence electrons. The van der Waals surface area contributed by atoms with Crippen molar-refractivity contribution in [3.05, 3.63) is 29.3 Å². The summed E-state index contributed by atoms with van der Waals surface area (Å²) in [4.78, 5) is 11.1. The molecule has 20 heavy (non-hydrogen) atoms. The van der Waals surface area contributed by atoms with Crippen LogP contribution >= 0.6 is 11.8 Å². The average molecular weight is 312 g/mol. The number of thioether (sulfide) groups is 1. The summed E-state index contributed by atoms with van der Waals surface area (Å²) in [7, 11) is -3.86. The van der Waals surface area contributed by atoms with Crippen LogP contribution < -0.4 is 0 Å². The minimum absolute atomic E-state index is 0.0164. The fourth-order valence-electron chi connectivity index (χ4n) is 1.92. The first-order chi connectivity index (χ1) is 9.37. The summed E-state index contributed by atoms with van der Waals surface area (Å²) in [5.74, 6) is -0.786. The van der Waals surface area contributed by atoms with Crippen LogP contribution in [0.2, 0.25) is 0 Å². The van der Waals surface area contributed by atoms with Crippen LogP contribution in [0.25, 0.3) is 0 Å². The molecule has 1 heterocycles. The zero-order valence-electron chi connectivity index (χ0n) is 10.6. The molecule has 0 radical (unpaired) electrons. The van der Waals surface area contributed by atoms with E-state index in [1.807, 2.05) is 6.07 Å². The molecule has 1 unspecified atom stereocenters. The summed E-state index contributed by atoms with van der Waals surface area (Å²) in [6.45, 7) is 1.64. The smallest absolute Gasteiger partial charge is 0.322 e. The van der Waals surface area contributed by atoms with Gasteiger partial charge in [0.15, 0.2) is 0 Å². The van der Waals surface area contributed by atoms with E-state index < -0.39 is 22.0 Å². The topological polar surface area (TPSA) is 98.5 Å². The molecule has 6 nitrogen and oxygen atoms in total. The molecule has 1 aromatic carbocycles. The highest BCUT2D eigenvalue weighted by atomic mass is 32.2. The van der Waals surface area contributed by atoms with Gasteiger partial charge in [-0.1, -0.05) is 0 Å². The van der Waals surface area contributed by atoms with Crippen molar-refractivity contribution in [1.29, 1.82) is 5.26 Å². The Morgan fingerprint density at radius 2 is 2.25 bits per heavy atom. The Kier molecular flexibility index (Phi) is 4.04. The number of aliphatic carboxylic acids is 1. The fourth-order valence-corrected chi connectivity index (χ4v) is 5.14. The number of sulfonamides is 1. The molecule has 1 aromatic rings. The van der Waals surface area contributed by atoms with Gasteiger partial charge in [0.05, 0.1) is 22.4 Å². The lowest BCUT2D eigenvalue weighted by atomic mass is 10.1. The van der Waals surface area contributed by atoms with E-state index in [-0.39, 0.29) is 16.5 Å². The molecule has 0 saturated carbocycles. The SMILES string of the molecule is Cc1cc(S(=O)(=O)N2CSCC2C(=O)O)ccc1C#N. The van der Waals surface area contributed by atoms with Crippen LogP contribution in [-0.2, 0) is 14.8 Å². The summed E-state index contributed by atoms with van der Waals surface area (Å²) in [6, 6.07) is 5.09. The van der Waals surface area contributed by atoms with Crippen molar-refractivity contribution in [3.8, 4) is 6.07 Å². The molecule has 0 spiro atoms. The van der Waals surface area contributed by atoms with E-state index >= 15 is 0 Å². The molecule has 1 N–H and O–H groups in total. The highest BCUT2D eigenvalue weighted by Gasteiger charge is 2.40. The second kappa shape index (κ2) is 5.44. The maximum Gasteiger partial charge on any atom is 0.322 e. The second-order valence-corrected chi connectivity index (χ2v) is 7.22. The summed E-state index contributed by atoms with van der Waals surface area (Å²) in [5, 5.41) is 17.9. The van der Waals surface area contributed by atoms with Crippen LogP contribution in [0, 0.1) is 18.3 Å². The third-order valence-electron chi connectivity index (χ3n) is 3.05. The number of carboxylic acid groups (broad SMARTS) is 1. The number of rotatable bonds is 3. The molecule has 1 saturated heterocycles. The van der Waals surface area contributed by atoms with Gasteiger partial charge >= 0.3 is 5.97 Å². The summed E-state index contributed by atoms with van der Waals surface area (Å²) < 4.78 is 25.9. The van der Waals surface area contributed by atoms with Crippen molar-refractivity contribution in [2.24, 2.45) is 0 Å². The van der Waals surface area contributed by atoms with Crippen LogP contribution in [0.4, 0.5) is 0 Å². The third-order valence-corrected chi connectivity index (χ3v) is 6.08. The lowest BCUT2D eigenvalue weighted by Crippen LogP contribution is -2.41. The Hall–Kier alpha value is -1.56. The number of aryl methyl sites for hydroxylation is 1. The Morgan fingerprint density at radius 1 is 1.55 bits per heavy atom. The number of nitriles is 1. The molecule has 0 amide bonds. The van der Waals surface area contributed by atoms with Crippen molar-refractivity contribution in [3.63, 3.8) is 0 Å². The number of nitrogens with zero attached hydrogens (tertiary/aromatic N) is 2. The molecular formula is C12H12N2O4S2. The van der Waals surface area contributed by atoms with Gasteiger partial charge < -0.3 is 5.11 Å². The molecule has 1 aliphatic rings. The molecule has 1 atom stereocenters. The quantitative estimate of drug-likeness (QED) is 0.894. The molecule has 0 bridgehead atoms. The molecule has 1 aliphatic heterocycles. The van der Waals surface area contributed by atoms with E-state index in [0.29, 0.717) is 11.1 Å². The van der Waals surface area contributed by atoms with Crippen molar-refractivity contribution in [1.82, 2.24) is 4.31 Å². The number of carbonyl (C=O) groups is 1. The van der Waals surface area contributed by atoms with E-state index in [1.165, 1.54) is 30.0 Å². The molecule has 0 aliphatic carbocycles. The van der Waals surface area contributed by atoms with E-state index in [4.69, 9.17) is 10.4 Å². The summed E-state index contributed by atoms with van der Waals surface area (Å²) >= 11 is 1.27. The van der Waals surface area contributed by atoms with E-state index in [1.54, 1.807) is 6.92 Å². The lowest BCUT2D eigenvalue weighted by Gasteiger charge is -2.20. The van der Waals surface area contributed by atoms with Crippen molar-refractivity contribution in [2.75, 3.05) is 11.6 Å². The zero-order chi connectivity index (χ0) is 14.9. The molecule has 0 aromatic heterocycles. The number of carboxylic acids is 1. The first-order valence-electron chi connectivity index (χ1n) is 5.71. The van der Waals surface area contributed by atoms with Crippen LogP contribution in [0.3, 0.4) is 0 Å². The van der Waals surface area contributed by atoms with E-state index in [2.05, 4.69) is 0 Å². The minimum atomic E-state index is -3.86. The zero-order valence-corrected chi connectivity index (χ0v) is 12.2. The maximum atomic E-state index is 12.5. The maximum absolute atomic E-state index is 12.5. The van der Waals surface area contributed by atoms with Crippen molar-refractivity contribution < 1.29 is 18.3 Å². The molecule has 2 rings (SSSR count). The number of hydrogen-bond donors (Lipinski definition) is 1. The normalized spacial score (nSPS) is 19.7. The van der Waals surface area contributed by atoms with Crippen molar-refractivity contribution >= 4 is 27.8 Å². The third kappa shape index (κ3) is 2.52. The Balaban J connectivity index is 2.43. The van der Waals surface area contributed by atoms with E-state index in [9.17, 15) is 13.2 Å². The van der Waals surface area contributed by atoms with Crippen LogP contribution in [0.1, 0.15) is 11.1 Å². The Morgan fingerprint density at radius 3 is 2.80 bits per heavy atom. The predicted octanol–water partition coefficient (Wildman–Crippen LogP) is 1.01. The molecule has 1 fully saturated rings. The van der Waals surface area contributed by atoms with Crippen LogP contribution in [0.5, 0.6) is 0 Å². The van der Waals surface area contributed by atoms with Gasteiger partial charge in [0, 0.05) is 5.75 Å². The molecule has 8 heteroatoms. The monoisotopic (exact) mass is 312 g/mol.